The monoisotopic (exact) mass is 238 g/mol. The Balaban J connectivity index is 2.81. The van der Waals surface area contributed by atoms with E-state index in [0.717, 1.165) is 0 Å². The fourth-order valence-electron chi connectivity index (χ4n) is 1.89. The first-order valence-corrected chi connectivity index (χ1v) is 5.34. The highest BCUT2D eigenvalue weighted by molar-refractivity contribution is 4.95. The van der Waals surface area contributed by atoms with E-state index in [1.54, 1.807) is 13.8 Å². The van der Waals surface area contributed by atoms with Gasteiger partial charge in [0.2, 0.25) is 0 Å². The van der Waals surface area contributed by atoms with Gasteiger partial charge < -0.3 is 25.2 Å². The lowest BCUT2D eigenvalue weighted by Crippen LogP contribution is -2.61. The van der Waals surface area contributed by atoms with Crippen molar-refractivity contribution in [2.45, 2.75) is 50.5 Å². The molecule has 4 N–H and O–H groups in total. The van der Waals surface area contributed by atoms with Crippen LogP contribution in [0.1, 0.15) is 13.8 Å². The van der Waals surface area contributed by atoms with Gasteiger partial charge in [-0.1, -0.05) is 13.8 Å². The normalized spacial score (nSPS) is 42.4. The highest BCUT2D eigenvalue weighted by Gasteiger charge is 2.47. The van der Waals surface area contributed by atoms with Gasteiger partial charge in [-0.15, -0.1) is 0 Å². The average Bonchev–Trinajstić information content (AvgIpc) is 2.25. The fraction of sp³-hybridized carbons (Fsp3) is 1.00. The zero-order valence-corrected chi connectivity index (χ0v) is 9.32. The minimum atomic E-state index is -1.78. The van der Waals surface area contributed by atoms with Gasteiger partial charge in [-0.05, 0) is 5.92 Å². The van der Waals surface area contributed by atoms with Crippen molar-refractivity contribution in [1.29, 1.82) is 0 Å². The Kier molecular flexibility index (Phi) is 4.63. The summed E-state index contributed by atoms with van der Waals surface area (Å²) in [6.45, 7) is 2.71. The Morgan fingerprint density at radius 2 is 1.56 bits per heavy atom. The highest BCUT2D eigenvalue weighted by atomic mass is 19.1. The molecule has 0 saturated carbocycles. The van der Waals surface area contributed by atoms with Gasteiger partial charge in [-0.25, -0.2) is 4.39 Å². The predicted octanol–water partition coefficient (Wildman–Crippen LogP) is -1.18. The lowest BCUT2D eigenvalue weighted by molar-refractivity contribution is -0.246. The predicted molar refractivity (Wildman–Crippen MR) is 53.5 cm³/mol. The minimum Gasteiger partial charge on any atom is -0.393 e. The van der Waals surface area contributed by atoms with Crippen molar-refractivity contribution in [3.05, 3.63) is 0 Å². The molecule has 0 aromatic rings. The summed E-state index contributed by atoms with van der Waals surface area (Å²) in [5.74, 6) is -0.134. The van der Waals surface area contributed by atoms with Crippen molar-refractivity contribution < 1.29 is 29.6 Å². The van der Waals surface area contributed by atoms with E-state index >= 15 is 0 Å². The molecule has 1 heterocycles. The largest absolute Gasteiger partial charge is 0.393 e. The molecule has 1 aliphatic heterocycles. The summed E-state index contributed by atoms with van der Waals surface area (Å²) < 4.78 is 18.5. The Labute approximate surface area is 93.5 Å². The van der Waals surface area contributed by atoms with Crippen LogP contribution in [-0.4, -0.2) is 63.7 Å². The van der Waals surface area contributed by atoms with Crippen molar-refractivity contribution in [1.82, 2.24) is 0 Å². The maximum absolute atomic E-state index is 13.3. The molecular weight excluding hydrogens is 219 g/mol. The molecule has 0 aromatic carbocycles. The molecule has 6 heteroatoms. The van der Waals surface area contributed by atoms with Crippen molar-refractivity contribution in [2.24, 2.45) is 5.92 Å². The lowest BCUT2D eigenvalue weighted by Gasteiger charge is -2.43. The summed E-state index contributed by atoms with van der Waals surface area (Å²) in [4.78, 5) is 0. The van der Waals surface area contributed by atoms with Crippen LogP contribution < -0.4 is 0 Å². The van der Waals surface area contributed by atoms with E-state index in [1.807, 2.05) is 0 Å². The second-order valence-electron chi connectivity index (χ2n) is 4.48. The summed E-state index contributed by atoms with van der Waals surface area (Å²) in [6.07, 6.45) is -8.09. The summed E-state index contributed by atoms with van der Waals surface area (Å²) in [7, 11) is 0. The van der Waals surface area contributed by atoms with Crippen LogP contribution in [0.5, 0.6) is 0 Å². The first-order chi connectivity index (χ1) is 7.40. The van der Waals surface area contributed by atoms with Gasteiger partial charge in [0.1, 0.15) is 24.4 Å². The van der Waals surface area contributed by atoms with Crippen LogP contribution in [0.25, 0.3) is 0 Å². The molecule has 1 rings (SSSR count). The third-order valence-corrected chi connectivity index (χ3v) is 2.88. The zero-order valence-electron chi connectivity index (χ0n) is 9.32. The molecule has 1 fully saturated rings. The Hall–Kier alpha value is -0.270. The second-order valence-corrected chi connectivity index (χ2v) is 4.48. The van der Waals surface area contributed by atoms with Crippen LogP contribution >= 0.6 is 0 Å². The minimum absolute atomic E-state index is 0.134. The smallest absolute Gasteiger partial charge is 0.152 e. The van der Waals surface area contributed by atoms with Crippen LogP contribution in [0.4, 0.5) is 4.39 Å². The maximum atomic E-state index is 13.3. The number of rotatable bonds is 3. The molecule has 0 amide bonds. The van der Waals surface area contributed by atoms with E-state index in [0.29, 0.717) is 0 Å². The van der Waals surface area contributed by atoms with E-state index in [1.165, 1.54) is 0 Å². The van der Waals surface area contributed by atoms with Gasteiger partial charge >= 0.3 is 0 Å². The SMILES string of the molecule is CC(C)C1OC([C@@H](F)CO)C(O)C(O)C1O. The lowest BCUT2D eigenvalue weighted by atomic mass is 9.88. The standard InChI is InChI=1S/C10H19FO5/c1-4(2)9-7(14)6(13)8(15)10(16-9)5(11)3-12/h4-10,12-15H,3H2,1-2H3/t5-,6?,7?,8?,9?,10?/m0/s1. The summed E-state index contributed by atoms with van der Waals surface area (Å²) in [5, 5.41) is 37.4. The molecule has 0 aromatic heterocycles. The molecule has 96 valence electrons. The van der Waals surface area contributed by atoms with Crippen LogP contribution in [0.3, 0.4) is 0 Å². The number of hydrogen-bond donors (Lipinski definition) is 4. The summed E-state index contributed by atoms with van der Waals surface area (Å²) >= 11 is 0. The molecule has 6 atom stereocenters. The second kappa shape index (κ2) is 5.37. The maximum Gasteiger partial charge on any atom is 0.152 e. The van der Waals surface area contributed by atoms with Gasteiger partial charge in [0.05, 0.1) is 12.7 Å². The summed E-state index contributed by atoms with van der Waals surface area (Å²) in [5.41, 5.74) is 0. The number of alkyl halides is 1. The number of aliphatic hydroxyl groups excluding tert-OH is 4. The van der Waals surface area contributed by atoms with Crippen molar-refractivity contribution >= 4 is 0 Å². The van der Waals surface area contributed by atoms with Crippen LogP contribution in [0, 0.1) is 5.92 Å². The van der Waals surface area contributed by atoms with Gasteiger partial charge in [0, 0.05) is 0 Å². The quantitative estimate of drug-likeness (QED) is 0.497. The third-order valence-electron chi connectivity index (χ3n) is 2.88. The molecule has 1 saturated heterocycles. The van der Waals surface area contributed by atoms with E-state index in [-0.39, 0.29) is 5.92 Å². The van der Waals surface area contributed by atoms with E-state index < -0.39 is 43.3 Å². The highest BCUT2D eigenvalue weighted by Crippen LogP contribution is 2.28. The number of aliphatic hydroxyl groups is 4. The molecular formula is C10H19FO5. The Morgan fingerprint density at radius 1 is 1.06 bits per heavy atom. The van der Waals surface area contributed by atoms with Gasteiger partial charge in [0.15, 0.2) is 6.17 Å². The first-order valence-electron chi connectivity index (χ1n) is 5.34. The number of halogens is 1. The third kappa shape index (κ3) is 2.52. The van der Waals surface area contributed by atoms with Crippen LogP contribution in [0.2, 0.25) is 0 Å². The first kappa shape index (κ1) is 13.8. The van der Waals surface area contributed by atoms with Crippen molar-refractivity contribution in [2.75, 3.05) is 6.61 Å². The zero-order chi connectivity index (χ0) is 12.5. The molecule has 5 unspecified atom stereocenters. The van der Waals surface area contributed by atoms with E-state index in [9.17, 15) is 19.7 Å². The van der Waals surface area contributed by atoms with Crippen molar-refractivity contribution in [3.63, 3.8) is 0 Å². The van der Waals surface area contributed by atoms with Crippen LogP contribution in [-0.2, 0) is 4.74 Å². The molecule has 5 nitrogen and oxygen atoms in total. The summed E-state index contributed by atoms with van der Waals surface area (Å²) in [6, 6.07) is 0. The Morgan fingerprint density at radius 3 is 2.00 bits per heavy atom. The van der Waals surface area contributed by atoms with Crippen molar-refractivity contribution in [3.8, 4) is 0 Å². The molecule has 0 bridgehead atoms. The van der Waals surface area contributed by atoms with Gasteiger partial charge in [-0.3, -0.25) is 0 Å². The van der Waals surface area contributed by atoms with Gasteiger partial charge in [-0.2, -0.15) is 0 Å². The topological polar surface area (TPSA) is 90.2 Å². The molecule has 16 heavy (non-hydrogen) atoms. The van der Waals surface area contributed by atoms with E-state index in [2.05, 4.69) is 0 Å². The Bertz CT molecular complexity index is 225. The number of hydrogen-bond acceptors (Lipinski definition) is 5. The van der Waals surface area contributed by atoms with E-state index in [4.69, 9.17) is 9.84 Å². The van der Waals surface area contributed by atoms with Crippen LogP contribution in [0.15, 0.2) is 0 Å². The molecule has 0 radical (unpaired) electrons. The number of ether oxygens (including phenoxy) is 1. The molecule has 0 aliphatic carbocycles. The average molecular weight is 238 g/mol. The molecule has 1 aliphatic rings. The molecule has 0 spiro atoms. The van der Waals surface area contributed by atoms with Gasteiger partial charge in [0.25, 0.3) is 0 Å². The fourth-order valence-corrected chi connectivity index (χ4v) is 1.89.